The lowest BCUT2D eigenvalue weighted by atomic mass is 10.2. The van der Waals surface area contributed by atoms with Crippen molar-refractivity contribution >= 4 is 22.0 Å². The highest BCUT2D eigenvalue weighted by Gasteiger charge is 2.17. The van der Waals surface area contributed by atoms with E-state index in [1.54, 1.807) is 0 Å². The average molecular weight is 299 g/mol. The minimum absolute atomic E-state index is 0.412. The molecule has 0 aliphatic heterocycles. The van der Waals surface area contributed by atoms with Gasteiger partial charge in [-0.3, -0.25) is 0 Å². The Balaban J connectivity index is 2.22. The summed E-state index contributed by atoms with van der Waals surface area (Å²) in [4.78, 5) is 11.9. The first-order valence-corrected chi connectivity index (χ1v) is 6.04. The van der Waals surface area contributed by atoms with Gasteiger partial charge in [-0.1, -0.05) is 23.8 Å². The van der Waals surface area contributed by atoms with Crippen molar-refractivity contribution in [1.29, 1.82) is 0 Å². The van der Waals surface area contributed by atoms with Crippen LogP contribution in [0.25, 0.3) is 0 Å². The molecule has 0 unspecified atom stereocenters. The fourth-order valence-electron chi connectivity index (χ4n) is 1.33. The highest BCUT2D eigenvalue weighted by atomic mass is 79.9. The van der Waals surface area contributed by atoms with E-state index in [4.69, 9.17) is 0 Å². The number of halogens is 1. The standard InChI is InChI=1S/C9H11BrN6O/c1-2-3-4-7-8(10)16(14-12-7)9(17)15-6-5-11-13-15/h5-6H,2-4H2,1H3. The predicted octanol–water partition coefficient (Wildman–Crippen LogP) is 1.49. The Kier molecular flexibility index (Phi) is 3.62. The quantitative estimate of drug-likeness (QED) is 0.858. The van der Waals surface area contributed by atoms with Gasteiger partial charge in [0.2, 0.25) is 0 Å². The minimum atomic E-state index is -0.412. The molecule has 0 aromatic carbocycles. The Morgan fingerprint density at radius 3 is 2.94 bits per heavy atom. The summed E-state index contributed by atoms with van der Waals surface area (Å²) in [5.74, 6) is 0. The molecular weight excluding hydrogens is 288 g/mol. The number of aryl methyl sites for hydroxylation is 1. The zero-order valence-corrected chi connectivity index (χ0v) is 10.8. The molecule has 17 heavy (non-hydrogen) atoms. The van der Waals surface area contributed by atoms with Crippen molar-refractivity contribution in [2.75, 3.05) is 0 Å². The van der Waals surface area contributed by atoms with E-state index in [1.807, 2.05) is 0 Å². The van der Waals surface area contributed by atoms with E-state index in [-0.39, 0.29) is 0 Å². The van der Waals surface area contributed by atoms with Gasteiger partial charge in [0.25, 0.3) is 0 Å². The van der Waals surface area contributed by atoms with Gasteiger partial charge in [-0.15, -0.1) is 10.2 Å². The number of hydrogen-bond acceptors (Lipinski definition) is 5. The van der Waals surface area contributed by atoms with Gasteiger partial charge in [-0.25, -0.2) is 4.79 Å². The molecule has 0 spiro atoms. The monoisotopic (exact) mass is 298 g/mol. The predicted molar refractivity (Wildman–Crippen MR) is 62.5 cm³/mol. The average Bonchev–Trinajstić information content (AvgIpc) is 2.95. The van der Waals surface area contributed by atoms with Crippen LogP contribution in [-0.4, -0.2) is 36.0 Å². The summed E-state index contributed by atoms with van der Waals surface area (Å²) in [7, 11) is 0. The first-order valence-electron chi connectivity index (χ1n) is 5.25. The molecule has 0 aliphatic carbocycles. The third-order valence-corrected chi connectivity index (χ3v) is 3.04. The second-order valence-electron chi connectivity index (χ2n) is 3.47. The Hall–Kier alpha value is -1.57. The largest absolute Gasteiger partial charge is 0.373 e. The van der Waals surface area contributed by atoms with Crippen LogP contribution in [0.1, 0.15) is 25.5 Å². The van der Waals surface area contributed by atoms with Crippen molar-refractivity contribution in [3.05, 3.63) is 22.7 Å². The van der Waals surface area contributed by atoms with Gasteiger partial charge < -0.3 is 0 Å². The molecule has 7 nitrogen and oxygen atoms in total. The summed E-state index contributed by atoms with van der Waals surface area (Å²) in [5, 5.41) is 15.0. The molecule has 0 fully saturated rings. The van der Waals surface area contributed by atoms with E-state index in [0.29, 0.717) is 4.60 Å². The number of unbranched alkanes of at least 4 members (excludes halogenated alkanes) is 1. The lowest BCUT2D eigenvalue weighted by Gasteiger charge is -1.99. The molecule has 8 heteroatoms. The first-order chi connectivity index (χ1) is 8.24. The molecular formula is C9H11BrN6O. The molecule has 90 valence electrons. The van der Waals surface area contributed by atoms with Gasteiger partial charge in [0.05, 0.1) is 18.1 Å². The van der Waals surface area contributed by atoms with E-state index >= 15 is 0 Å². The van der Waals surface area contributed by atoms with Crippen molar-refractivity contribution in [2.24, 2.45) is 0 Å². The second-order valence-corrected chi connectivity index (χ2v) is 4.22. The van der Waals surface area contributed by atoms with Crippen LogP contribution < -0.4 is 0 Å². The van der Waals surface area contributed by atoms with Crippen LogP contribution in [0.5, 0.6) is 0 Å². The molecule has 0 amide bonds. The zero-order chi connectivity index (χ0) is 12.3. The third kappa shape index (κ3) is 2.41. The highest BCUT2D eigenvalue weighted by Crippen LogP contribution is 2.16. The van der Waals surface area contributed by atoms with Crippen LogP contribution in [0.15, 0.2) is 17.0 Å². The van der Waals surface area contributed by atoms with Crippen LogP contribution in [0, 0.1) is 0 Å². The summed E-state index contributed by atoms with van der Waals surface area (Å²) in [6.45, 7) is 2.10. The Morgan fingerprint density at radius 1 is 1.47 bits per heavy atom. The molecule has 0 saturated carbocycles. The lowest BCUT2D eigenvalue weighted by molar-refractivity contribution is 0.236. The summed E-state index contributed by atoms with van der Waals surface area (Å²) in [5.41, 5.74) is 0.778. The molecule has 2 aromatic rings. The van der Waals surface area contributed by atoms with Crippen LogP contribution in [-0.2, 0) is 6.42 Å². The minimum Gasteiger partial charge on any atom is -0.243 e. The smallest absolute Gasteiger partial charge is 0.243 e. The van der Waals surface area contributed by atoms with Crippen molar-refractivity contribution in [1.82, 2.24) is 30.0 Å². The van der Waals surface area contributed by atoms with Crippen LogP contribution in [0.4, 0.5) is 4.79 Å². The number of rotatable bonds is 3. The Bertz CT molecular complexity index is 506. The van der Waals surface area contributed by atoms with Crippen molar-refractivity contribution < 1.29 is 4.79 Å². The van der Waals surface area contributed by atoms with Crippen molar-refractivity contribution in [3.8, 4) is 0 Å². The van der Waals surface area contributed by atoms with Crippen molar-refractivity contribution in [2.45, 2.75) is 26.2 Å². The SMILES string of the molecule is CCCCc1nnn(C(=O)n2ccnn2)c1Br. The van der Waals surface area contributed by atoms with E-state index in [0.717, 1.165) is 29.6 Å². The van der Waals surface area contributed by atoms with Gasteiger partial charge in [0.1, 0.15) is 4.60 Å². The Morgan fingerprint density at radius 2 is 2.29 bits per heavy atom. The zero-order valence-electron chi connectivity index (χ0n) is 9.25. The molecule has 0 radical (unpaired) electrons. The van der Waals surface area contributed by atoms with Gasteiger partial charge in [-0.05, 0) is 28.8 Å². The number of nitrogens with zero attached hydrogens (tertiary/aromatic N) is 6. The van der Waals surface area contributed by atoms with Crippen LogP contribution >= 0.6 is 15.9 Å². The highest BCUT2D eigenvalue weighted by molar-refractivity contribution is 9.10. The number of hydrogen-bond donors (Lipinski definition) is 0. The van der Waals surface area contributed by atoms with E-state index in [1.165, 1.54) is 17.1 Å². The molecule has 0 atom stereocenters. The van der Waals surface area contributed by atoms with Crippen molar-refractivity contribution in [3.63, 3.8) is 0 Å². The number of carbonyl (C=O) groups is 1. The lowest BCUT2D eigenvalue weighted by Crippen LogP contribution is -2.21. The maximum atomic E-state index is 11.9. The first kappa shape index (κ1) is 11.9. The molecule has 2 rings (SSSR count). The normalized spacial score (nSPS) is 10.7. The number of carbonyl (C=O) groups excluding carboxylic acids is 1. The van der Waals surface area contributed by atoms with Crippen LogP contribution in [0.3, 0.4) is 0 Å². The number of aromatic nitrogens is 6. The summed E-state index contributed by atoms with van der Waals surface area (Å²) < 4.78 is 2.84. The molecule has 0 aliphatic rings. The molecule has 0 N–H and O–H groups in total. The van der Waals surface area contributed by atoms with Gasteiger partial charge >= 0.3 is 6.03 Å². The molecule has 0 saturated heterocycles. The molecule has 2 aromatic heterocycles. The second kappa shape index (κ2) is 5.17. The summed E-state index contributed by atoms with van der Waals surface area (Å²) in [6, 6.07) is -0.412. The third-order valence-electron chi connectivity index (χ3n) is 2.25. The molecule has 2 heterocycles. The summed E-state index contributed by atoms with van der Waals surface area (Å²) >= 11 is 3.32. The maximum absolute atomic E-state index is 11.9. The fourth-order valence-corrected chi connectivity index (χ4v) is 1.83. The van der Waals surface area contributed by atoms with E-state index in [2.05, 4.69) is 43.5 Å². The maximum Gasteiger partial charge on any atom is 0.373 e. The van der Waals surface area contributed by atoms with Gasteiger partial charge in [-0.2, -0.15) is 9.36 Å². The van der Waals surface area contributed by atoms with Gasteiger partial charge in [0, 0.05) is 0 Å². The topological polar surface area (TPSA) is 78.5 Å². The fraction of sp³-hybridized carbons (Fsp3) is 0.444. The summed E-state index contributed by atoms with van der Waals surface area (Å²) in [6.07, 6.45) is 5.76. The Labute approximate surface area is 106 Å². The van der Waals surface area contributed by atoms with E-state index in [9.17, 15) is 4.79 Å². The van der Waals surface area contributed by atoms with Crippen LogP contribution in [0.2, 0.25) is 0 Å². The van der Waals surface area contributed by atoms with Gasteiger partial charge in [0.15, 0.2) is 0 Å². The van der Waals surface area contributed by atoms with E-state index < -0.39 is 6.03 Å². The molecule has 0 bridgehead atoms.